The third-order valence-corrected chi connectivity index (χ3v) is 11.5. The van der Waals surface area contributed by atoms with Crippen molar-refractivity contribution in [3.05, 3.63) is 41.5 Å². The zero-order valence-electron chi connectivity index (χ0n) is 30.1. The molecule has 3 aliphatic carbocycles. The van der Waals surface area contributed by atoms with Crippen molar-refractivity contribution in [2.24, 2.45) is 17.3 Å². The molecular weight excluding hydrogens is 617 g/mol. The van der Waals surface area contributed by atoms with Gasteiger partial charge in [-0.15, -0.1) is 11.7 Å². The summed E-state index contributed by atoms with van der Waals surface area (Å²) >= 11 is 3.88. The number of allylic oxidation sites excluding steroid dienone is 1. The van der Waals surface area contributed by atoms with Gasteiger partial charge in [-0.2, -0.15) is 12.6 Å². The van der Waals surface area contributed by atoms with Crippen LogP contribution in [-0.4, -0.2) is 92.7 Å². The maximum absolute atomic E-state index is 13.2. The van der Waals surface area contributed by atoms with Crippen molar-refractivity contribution in [1.29, 1.82) is 0 Å². The first-order chi connectivity index (χ1) is 22.6. The fourth-order valence-corrected chi connectivity index (χ4v) is 8.30. The van der Waals surface area contributed by atoms with E-state index in [1.54, 1.807) is 0 Å². The Morgan fingerprint density at radius 2 is 1.90 bits per heavy atom. The van der Waals surface area contributed by atoms with Crippen molar-refractivity contribution >= 4 is 50.1 Å². The quantitative estimate of drug-likeness (QED) is 0.167. The van der Waals surface area contributed by atoms with Crippen molar-refractivity contribution < 1.29 is 23.4 Å². The summed E-state index contributed by atoms with van der Waals surface area (Å²) in [6, 6.07) is 6.54. The van der Waals surface area contributed by atoms with E-state index >= 15 is 0 Å². The van der Waals surface area contributed by atoms with E-state index in [9.17, 15) is 9.18 Å². The Morgan fingerprint density at radius 1 is 1.19 bits per heavy atom. The van der Waals surface area contributed by atoms with E-state index in [1.165, 1.54) is 48.8 Å². The molecule has 0 bridgehead atoms. The van der Waals surface area contributed by atoms with E-state index in [4.69, 9.17) is 45.6 Å². The maximum atomic E-state index is 13.2. The highest BCUT2D eigenvalue weighted by atomic mass is 32.1. The number of thiol groups is 1. The van der Waals surface area contributed by atoms with Gasteiger partial charge in [0.1, 0.15) is 13.6 Å². The minimum Gasteiger partial charge on any atom is -0.410 e. The number of aryl methyl sites for hydroxylation is 1. The van der Waals surface area contributed by atoms with Crippen LogP contribution in [-0.2, 0) is 15.9 Å². The summed E-state index contributed by atoms with van der Waals surface area (Å²) in [5, 5.41) is -1.98. The normalized spacial score (nSPS) is 29.0. The van der Waals surface area contributed by atoms with Crippen molar-refractivity contribution in [2.45, 2.75) is 127 Å². The molecule has 2 saturated carbocycles. The highest BCUT2D eigenvalue weighted by Crippen LogP contribution is 2.61. The molecule has 8 radical (unpaired) electrons. The van der Waals surface area contributed by atoms with Crippen molar-refractivity contribution in [2.75, 3.05) is 32.6 Å². The molecular formula is C37H56B4FNO4S. The van der Waals surface area contributed by atoms with Gasteiger partial charge in [-0.1, -0.05) is 38.8 Å². The van der Waals surface area contributed by atoms with Crippen LogP contribution in [0.3, 0.4) is 0 Å². The predicted molar refractivity (Wildman–Crippen MR) is 202 cm³/mol. The first kappa shape index (κ1) is 41.1. The van der Waals surface area contributed by atoms with Crippen LogP contribution in [0.2, 0.25) is 5.11 Å². The summed E-state index contributed by atoms with van der Waals surface area (Å²) < 4.78 is 30.5. The van der Waals surface area contributed by atoms with E-state index in [-0.39, 0.29) is 18.6 Å². The number of fused-ring (bicyclic) bond motifs is 5. The lowest BCUT2D eigenvalue weighted by Crippen LogP contribution is -2.49. The third-order valence-electron chi connectivity index (χ3n) is 11.2. The third kappa shape index (κ3) is 10.1. The van der Waals surface area contributed by atoms with E-state index in [0.29, 0.717) is 55.1 Å². The largest absolute Gasteiger partial charge is 0.415 e. The Hall–Kier alpha value is -1.31. The number of hydrogen-bond acceptors (Lipinski definition) is 5. The number of morpholine rings is 1. The summed E-state index contributed by atoms with van der Waals surface area (Å²) in [4.78, 5) is 14.8. The van der Waals surface area contributed by atoms with Crippen LogP contribution < -0.4 is 4.74 Å². The number of halogens is 1. The van der Waals surface area contributed by atoms with E-state index in [0.717, 1.165) is 37.5 Å². The minimum atomic E-state index is -2.23. The Labute approximate surface area is 301 Å². The molecule has 3 fully saturated rings. The second kappa shape index (κ2) is 18.3. The highest BCUT2D eigenvalue weighted by molar-refractivity contribution is 7.80. The summed E-state index contributed by atoms with van der Waals surface area (Å²) in [7, 11) is 22.3. The molecule has 1 saturated heterocycles. The van der Waals surface area contributed by atoms with E-state index in [2.05, 4.69) is 52.1 Å². The number of amides is 1. The van der Waals surface area contributed by atoms with Crippen LogP contribution in [0.15, 0.2) is 30.4 Å². The number of nitrogens with zero attached hydrogens (tertiary/aromatic N) is 1. The van der Waals surface area contributed by atoms with Gasteiger partial charge in [0.05, 0.1) is 54.5 Å². The minimum absolute atomic E-state index is 0.0139. The van der Waals surface area contributed by atoms with Gasteiger partial charge in [-0.3, -0.25) is 4.39 Å². The molecule has 48 heavy (non-hydrogen) atoms. The molecule has 0 spiro atoms. The number of alkyl halides is 1. The van der Waals surface area contributed by atoms with Gasteiger partial charge in [0.2, 0.25) is 0 Å². The molecule has 1 heterocycles. The molecule has 4 aliphatic rings. The summed E-state index contributed by atoms with van der Waals surface area (Å²) in [6.07, 6.45) is 11.1. The topological polar surface area (TPSA) is 48.0 Å². The molecule has 1 aromatic rings. The number of hydrogen-bond donors (Lipinski definition) is 1. The summed E-state index contributed by atoms with van der Waals surface area (Å²) in [6.45, 7) is 14.2. The van der Waals surface area contributed by atoms with Gasteiger partial charge in [-0.05, 0) is 123 Å². The summed E-state index contributed by atoms with van der Waals surface area (Å²) in [5.41, 5.74) is 2.25. The molecule has 7 atom stereocenters. The van der Waals surface area contributed by atoms with Crippen LogP contribution in [0.4, 0.5) is 9.18 Å². The molecule has 0 N–H and O–H groups in total. The molecule has 1 amide bonds. The molecule has 258 valence electrons. The zero-order chi connectivity index (χ0) is 35.7. The molecule has 7 unspecified atom stereocenters. The molecule has 11 heteroatoms. The lowest BCUT2D eigenvalue weighted by atomic mass is 9.32. The lowest BCUT2D eigenvalue weighted by molar-refractivity contribution is -0.0444. The van der Waals surface area contributed by atoms with E-state index in [1.807, 2.05) is 25.0 Å². The molecule has 0 aromatic heterocycles. The smallest absolute Gasteiger partial charge is 0.410 e. The lowest BCUT2D eigenvalue weighted by Gasteiger charge is -2.50. The van der Waals surface area contributed by atoms with Crippen LogP contribution in [0.25, 0.3) is 0 Å². The molecule has 5 nitrogen and oxygen atoms in total. The Bertz CT molecular complexity index is 1200. The van der Waals surface area contributed by atoms with Gasteiger partial charge in [0.15, 0.2) is 0 Å². The summed E-state index contributed by atoms with van der Waals surface area (Å²) in [5.74, 6) is 3.39. The maximum Gasteiger partial charge on any atom is 0.415 e. The molecule has 5 rings (SSSR count). The average molecular weight is 673 g/mol. The number of methoxy groups -OCH3 is 1. The second-order valence-electron chi connectivity index (χ2n) is 14.6. The van der Waals surface area contributed by atoms with Gasteiger partial charge < -0.3 is 19.1 Å². The Balaban J connectivity index is 0.000000327. The van der Waals surface area contributed by atoms with E-state index < -0.39 is 10.7 Å². The first-order valence-electron chi connectivity index (χ1n) is 17.9. The van der Waals surface area contributed by atoms with Crippen LogP contribution in [0.5, 0.6) is 5.75 Å². The molecule has 1 aromatic carbocycles. The number of rotatable bonds is 9. The second-order valence-corrected chi connectivity index (χ2v) is 15.1. The zero-order valence-corrected chi connectivity index (χ0v) is 31.0. The van der Waals surface area contributed by atoms with Crippen molar-refractivity contribution in [1.82, 2.24) is 4.90 Å². The fraction of sp³-hybridized carbons (Fsp3) is 0.757. The average Bonchev–Trinajstić information content (AvgIpc) is 3.40. The SMILES string of the molecule is C=C(C)CC.CCCC1COCCN1C(=O)Oc1ccc2c(c1)CCC1C2CCC2(C)C(OC)CCC12.[B]C([B])([B])C([B])(F)CCCS. The van der Waals surface area contributed by atoms with Crippen LogP contribution in [0, 0.1) is 17.3 Å². The number of ether oxygens (including phenoxy) is 3. The fourth-order valence-electron chi connectivity index (χ4n) is 8.14. The van der Waals surface area contributed by atoms with Gasteiger partial charge in [0.25, 0.3) is 0 Å². The van der Waals surface area contributed by atoms with Gasteiger partial charge >= 0.3 is 6.09 Å². The number of carbonyl (C=O) groups is 1. The van der Waals surface area contributed by atoms with Crippen LogP contribution >= 0.6 is 12.6 Å². The Kier molecular flexibility index (Phi) is 15.6. The predicted octanol–water partition coefficient (Wildman–Crippen LogP) is 7.64. The van der Waals surface area contributed by atoms with Gasteiger partial charge in [-0.25, -0.2) is 4.79 Å². The number of carbonyl (C=O) groups excluding carboxylic acids is 1. The van der Waals surface area contributed by atoms with Crippen molar-refractivity contribution in [3.8, 4) is 5.75 Å². The van der Waals surface area contributed by atoms with Crippen molar-refractivity contribution in [3.63, 3.8) is 0 Å². The Morgan fingerprint density at radius 3 is 2.50 bits per heavy atom. The highest BCUT2D eigenvalue weighted by Gasteiger charge is 2.55. The van der Waals surface area contributed by atoms with Crippen LogP contribution in [0.1, 0.15) is 109 Å². The standard InChI is InChI=1S/C27H39NO4.C5H7B4FS.C5H10/c1-4-5-19-17-31-15-14-28(19)26(29)32-20-7-9-21-18(16-20)6-8-23-22(21)12-13-27(2)24(23)10-11-25(27)30-3;6-4(10,2-1-3-11)5(7,8)9;1-4-5(2)3/h7,9,16,19,22-25H,4-6,8,10-15,17H2,1-3H3;11H,1-3H2;2,4H2,1,3H3. The van der Waals surface area contributed by atoms with Gasteiger partial charge in [0, 0.05) is 13.7 Å². The number of benzene rings is 1. The first-order valence-corrected chi connectivity index (χ1v) is 18.6. The molecule has 1 aliphatic heterocycles. The monoisotopic (exact) mass is 673 g/mol.